The van der Waals surface area contributed by atoms with Crippen molar-refractivity contribution in [3.8, 4) is 0 Å². The molecule has 0 saturated carbocycles. The van der Waals surface area contributed by atoms with Crippen molar-refractivity contribution in [2.75, 3.05) is 32.8 Å². The van der Waals surface area contributed by atoms with Crippen molar-refractivity contribution in [3.05, 3.63) is 35.9 Å². The van der Waals surface area contributed by atoms with E-state index in [0.717, 1.165) is 31.7 Å². The van der Waals surface area contributed by atoms with E-state index in [4.69, 9.17) is 9.26 Å². The largest absolute Gasteiger partial charge is 0.461 e. The maximum Gasteiger partial charge on any atom is 0.346 e. The molecule has 114 valence electrons. The van der Waals surface area contributed by atoms with Gasteiger partial charge in [-0.15, -0.1) is 0 Å². The number of benzene rings is 1. The van der Waals surface area contributed by atoms with Gasteiger partial charge in [-0.2, -0.15) is 0 Å². The molecule has 7 heteroatoms. The second-order valence-corrected chi connectivity index (χ2v) is 7.50. The number of esters is 1. The summed E-state index contributed by atoms with van der Waals surface area (Å²) >= 11 is 0. The van der Waals surface area contributed by atoms with Gasteiger partial charge >= 0.3 is 13.6 Å². The lowest BCUT2D eigenvalue weighted by atomic mass is 10.2. The van der Waals surface area contributed by atoms with Gasteiger partial charge in [0.05, 0.1) is 13.0 Å². The number of ether oxygens (including phenoxy) is 1. The van der Waals surface area contributed by atoms with E-state index < -0.39 is 7.67 Å². The smallest absolute Gasteiger partial charge is 0.346 e. The van der Waals surface area contributed by atoms with Crippen molar-refractivity contribution in [3.63, 3.8) is 0 Å². The Balaban J connectivity index is 1.39. The van der Waals surface area contributed by atoms with Crippen molar-refractivity contribution in [1.82, 2.24) is 9.34 Å². The number of carbonyl (C=O) groups excluding carboxylic acids is 1. The Hall–Kier alpha value is -1.20. The first-order valence-corrected chi connectivity index (χ1v) is 8.66. The molecule has 0 aromatic heterocycles. The lowest BCUT2D eigenvalue weighted by molar-refractivity contribution is -0.145. The van der Waals surface area contributed by atoms with Crippen LogP contribution in [0.2, 0.25) is 0 Å². The fourth-order valence-corrected chi connectivity index (χ4v) is 4.20. The molecule has 0 unspecified atom stereocenters. The maximum atomic E-state index is 12.6. The van der Waals surface area contributed by atoms with Crippen LogP contribution in [-0.2, 0) is 25.2 Å². The number of nitrogens with zero attached hydrogens (tertiary/aromatic N) is 2. The summed E-state index contributed by atoms with van der Waals surface area (Å²) in [6.07, 6.45) is 0.124. The standard InChI is InChI=1S/C14H19N2O4P/c17-14(19-12-13-4-2-1-3-5-13)6-11-20-21(18,15-7-8-15)16-9-10-16/h1-5H,6-12H2. The third-order valence-corrected chi connectivity index (χ3v) is 6.12. The molecule has 2 fully saturated rings. The van der Waals surface area contributed by atoms with Gasteiger partial charge in [0.2, 0.25) is 0 Å². The third-order valence-electron chi connectivity index (χ3n) is 3.37. The van der Waals surface area contributed by atoms with Gasteiger partial charge in [-0.05, 0) is 5.56 Å². The summed E-state index contributed by atoms with van der Waals surface area (Å²) in [5.41, 5.74) is 0.950. The zero-order chi connectivity index (χ0) is 14.7. The van der Waals surface area contributed by atoms with Gasteiger partial charge in [-0.25, -0.2) is 9.34 Å². The Labute approximate surface area is 124 Å². The topological polar surface area (TPSA) is 58.6 Å². The molecule has 21 heavy (non-hydrogen) atoms. The van der Waals surface area contributed by atoms with E-state index in [1.807, 2.05) is 39.7 Å². The number of rotatable bonds is 8. The van der Waals surface area contributed by atoms with E-state index in [-0.39, 0.29) is 25.6 Å². The second-order valence-electron chi connectivity index (χ2n) is 5.13. The Morgan fingerprint density at radius 1 is 1.10 bits per heavy atom. The third kappa shape index (κ3) is 3.92. The monoisotopic (exact) mass is 310 g/mol. The molecular formula is C14H19N2O4P. The molecule has 2 aliphatic heterocycles. The highest BCUT2D eigenvalue weighted by Gasteiger charge is 2.49. The first-order chi connectivity index (χ1) is 10.2. The Morgan fingerprint density at radius 2 is 1.71 bits per heavy atom. The van der Waals surface area contributed by atoms with E-state index in [1.54, 1.807) is 0 Å². The summed E-state index contributed by atoms with van der Waals surface area (Å²) in [7, 11) is -2.82. The van der Waals surface area contributed by atoms with Crippen LogP contribution in [0.15, 0.2) is 30.3 Å². The average molecular weight is 310 g/mol. The molecule has 0 amide bonds. The summed E-state index contributed by atoms with van der Waals surface area (Å²) in [6, 6.07) is 9.52. The molecule has 2 heterocycles. The quantitative estimate of drug-likeness (QED) is 0.415. The van der Waals surface area contributed by atoms with Crippen molar-refractivity contribution in [2.24, 2.45) is 0 Å². The van der Waals surface area contributed by atoms with Crippen molar-refractivity contribution in [1.29, 1.82) is 0 Å². The Bertz CT molecular complexity index is 527. The predicted octanol–water partition coefficient (Wildman–Crippen LogP) is 1.88. The van der Waals surface area contributed by atoms with Crippen LogP contribution in [0, 0.1) is 0 Å². The first kappa shape index (κ1) is 14.7. The maximum absolute atomic E-state index is 12.6. The number of hydrogen-bond donors (Lipinski definition) is 0. The highest BCUT2D eigenvalue weighted by Crippen LogP contribution is 2.60. The molecule has 2 aliphatic rings. The molecule has 3 rings (SSSR count). The van der Waals surface area contributed by atoms with Gasteiger partial charge in [-0.3, -0.25) is 9.36 Å². The summed E-state index contributed by atoms with van der Waals surface area (Å²) in [5.74, 6) is -0.331. The lowest BCUT2D eigenvalue weighted by Gasteiger charge is -2.19. The minimum absolute atomic E-state index is 0.124. The van der Waals surface area contributed by atoms with Crippen LogP contribution in [0.25, 0.3) is 0 Å². The summed E-state index contributed by atoms with van der Waals surface area (Å²) in [6.45, 7) is 3.64. The van der Waals surface area contributed by atoms with Crippen LogP contribution < -0.4 is 0 Å². The molecule has 1 aromatic rings. The normalized spacial score (nSPS) is 18.5. The minimum Gasteiger partial charge on any atom is -0.461 e. The van der Waals surface area contributed by atoms with Gasteiger partial charge in [0.25, 0.3) is 0 Å². The molecule has 2 saturated heterocycles. The first-order valence-electron chi connectivity index (χ1n) is 7.13. The van der Waals surface area contributed by atoms with Crippen molar-refractivity contribution in [2.45, 2.75) is 13.0 Å². The van der Waals surface area contributed by atoms with Crippen LogP contribution in [-0.4, -0.2) is 48.1 Å². The molecular weight excluding hydrogens is 291 g/mol. The van der Waals surface area contributed by atoms with Crippen LogP contribution in [0.4, 0.5) is 0 Å². The van der Waals surface area contributed by atoms with Crippen LogP contribution in [0.5, 0.6) is 0 Å². The average Bonchev–Trinajstić information content (AvgIpc) is 3.38. The SMILES string of the molecule is O=C(CCOP(=O)(N1CC1)N1CC1)OCc1ccccc1. The Kier molecular flexibility index (Phi) is 4.40. The zero-order valence-corrected chi connectivity index (χ0v) is 12.7. The molecule has 0 aliphatic carbocycles. The van der Waals surface area contributed by atoms with Crippen LogP contribution >= 0.6 is 7.67 Å². The van der Waals surface area contributed by atoms with Crippen LogP contribution in [0.1, 0.15) is 12.0 Å². The van der Waals surface area contributed by atoms with E-state index in [2.05, 4.69) is 0 Å². The second kappa shape index (κ2) is 6.28. The molecule has 0 spiro atoms. The minimum atomic E-state index is -2.82. The fourth-order valence-electron chi connectivity index (χ4n) is 2.00. The van der Waals surface area contributed by atoms with E-state index >= 15 is 0 Å². The van der Waals surface area contributed by atoms with Gasteiger partial charge in [0.15, 0.2) is 0 Å². The number of carbonyl (C=O) groups is 1. The summed E-state index contributed by atoms with van der Waals surface area (Å²) in [5, 5.41) is 0. The highest BCUT2D eigenvalue weighted by atomic mass is 31.2. The molecule has 0 N–H and O–H groups in total. The van der Waals surface area contributed by atoms with E-state index in [0.29, 0.717) is 0 Å². The predicted molar refractivity (Wildman–Crippen MR) is 77.6 cm³/mol. The van der Waals surface area contributed by atoms with Gasteiger partial charge in [0, 0.05) is 26.2 Å². The van der Waals surface area contributed by atoms with Gasteiger partial charge < -0.3 is 9.26 Å². The molecule has 0 atom stereocenters. The van der Waals surface area contributed by atoms with Gasteiger partial charge in [-0.1, -0.05) is 30.3 Å². The highest BCUT2D eigenvalue weighted by molar-refractivity contribution is 7.54. The number of hydrogen-bond acceptors (Lipinski definition) is 4. The fraction of sp³-hybridized carbons (Fsp3) is 0.500. The Morgan fingerprint density at radius 3 is 2.29 bits per heavy atom. The molecule has 0 radical (unpaired) electrons. The molecule has 6 nitrogen and oxygen atoms in total. The molecule has 1 aromatic carbocycles. The van der Waals surface area contributed by atoms with Crippen molar-refractivity contribution < 1.29 is 18.6 Å². The zero-order valence-electron chi connectivity index (χ0n) is 11.8. The van der Waals surface area contributed by atoms with E-state index in [1.165, 1.54) is 0 Å². The summed E-state index contributed by atoms with van der Waals surface area (Å²) < 4.78 is 26.9. The lowest BCUT2D eigenvalue weighted by Crippen LogP contribution is -2.12. The van der Waals surface area contributed by atoms with Crippen LogP contribution in [0.3, 0.4) is 0 Å². The van der Waals surface area contributed by atoms with Crippen molar-refractivity contribution >= 4 is 13.6 Å². The van der Waals surface area contributed by atoms with E-state index in [9.17, 15) is 9.36 Å². The molecule has 0 bridgehead atoms. The summed E-state index contributed by atoms with van der Waals surface area (Å²) in [4.78, 5) is 11.7. The van der Waals surface area contributed by atoms with Gasteiger partial charge in [0.1, 0.15) is 6.61 Å².